The Hall–Kier alpha value is -1.69. The van der Waals surface area contributed by atoms with E-state index >= 15 is 0 Å². The maximum Gasteiger partial charge on any atom is 0.243 e. The lowest BCUT2D eigenvalue weighted by molar-refractivity contribution is 0.0311. The third-order valence-electron chi connectivity index (χ3n) is 2.80. The molecule has 2 rings (SSSR count). The molecular formula is C11H14N4O3S. The normalized spacial score (nSPS) is 20.7. The molecule has 0 amide bonds. The Balaban J connectivity index is 2.29. The van der Waals surface area contributed by atoms with Gasteiger partial charge in [-0.3, -0.25) is 0 Å². The first-order chi connectivity index (χ1) is 9.07. The molecule has 1 aromatic rings. The van der Waals surface area contributed by atoms with Crippen molar-refractivity contribution in [2.45, 2.75) is 11.0 Å². The summed E-state index contributed by atoms with van der Waals surface area (Å²) >= 11 is 0. The van der Waals surface area contributed by atoms with E-state index in [0.29, 0.717) is 5.82 Å². The first kappa shape index (κ1) is 13.7. The van der Waals surface area contributed by atoms with Gasteiger partial charge in [0, 0.05) is 25.9 Å². The number of nitrogens with one attached hydrogen (secondary N) is 1. The first-order valence-electron chi connectivity index (χ1n) is 5.73. The van der Waals surface area contributed by atoms with Gasteiger partial charge >= 0.3 is 0 Å². The number of hydrogen-bond acceptors (Lipinski definition) is 6. The van der Waals surface area contributed by atoms with Crippen molar-refractivity contribution < 1.29 is 13.2 Å². The number of morpholine rings is 1. The number of nitriles is 1. The highest BCUT2D eigenvalue weighted by Gasteiger charge is 2.30. The zero-order chi connectivity index (χ0) is 13.9. The van der Waals surface area contributed by atoms with Gasteiger partial charge < -0.3 is 10.1 Å². The minimum absolute atomic E-state index is 0.0516. The number of hydrogen-bond donors (Lipinski definition) is 1. The van der Waals surface area contributed by atoms with Crippen LogP contribution >= 0.6 is 0 Å². The van der Waals surface area contributed by atoms with Gasteiger partial charge in [-0.2, -0.15) is 9.57 Å². The van der Waals surface area contributed by atoms with E-state index in [4.69, 9.17) is 10.00 Å². The summed E-state index contributed by atoms with van der Waals surface area (Å²) < 4.78 is 31.2. The van der Waals surface area contributed by atoms with Gasteiger partial charge in [0.05, 0.1) is 24.1 Å². The smallest absolute Gasteiger partial charge is 0.243 e. The van der Waals surface area contributed by atoms with Crippen LogP contribution in [-0.4, -0.2) is 50.6 Å². The number of sulfonamides is 1. The Morgan fingerprint density at radius 3 is 3.11 bits per heavy atom. The fraction of sp³-hybridized carbons (Fsp3) is 0.455. The van der Waals surface area contributed by atoms with Crippen LogP contribution in [-0.2, 0) is 14.8 Å². The maximum atomic E-state index is 12.4. The monoisotopic (exact) mass is 282 g/mol. The van der Waals surface area contributed by atoms with Crippen molar-refractivity contribution in [2.75, 3.05) is 32.1 Å². The summed E-state index contributed by atoms with van der Waals surface area (Å²) in [6.07, 6.45) is 0.718. The van der Waals surface area contributed by atoms with E-state index in [9.17, 15) is 8.42 Å². The Labute approximate surface area is 111 Å². The minimum Gasteiger partial charge on any atom is -0.373 e. The van der Waals surface area contributed by atoms with Gasteiger partial charge in [0.15, 0.2) is 6.10 Å². The number of anilines is 1. The lowest BCUT2D eigenvalue weighted by Gasteiger charge is -2.28. The Kier molecular flexibility index (Phi) is 3.99. The predicted octanol–water partition coefficient (Wildman–Crippen LogP) is 0.0364. The minimum atomic E-state index is -3.62. The van der Waals surface area contributed by atoms with Gasteiger partial charge in [-0.15, -0.1) is 0 Å². The molecule has 7 nitrogen and oxygen atoms in total. The zero-order valence-electron chi connectivity index (χ0n) is 10.4. The van der Waals surface area contributed by atoms with E-state index in [0.717, 1.165) is 0 Å². The molecule has 8 heteroatoms. The highest BCUT2D eigenvalue weighted by Crippen LogP contribution is 2.20. The van der Waals surface area contributed by atoms with Gasteiger partial charge in [0.25, 0.3) is 0 Å². The number of aromatic nitrogens is 1. The van der Waals surface area contributed by atoms with Crippen molar-refractivity contribution in [3.05, 3.63) is 18.3 Å². The van der Waals surface area contributed by atoms with Crippen LogP contribution in [0.15, 0.2) is 23.2 Å². The molecule has 19 heavy (non-hydrogen) atoms. The molecule has 0 radical (unpaired) electrons. The Bertz CT molecular complexity index is 596. The average Bonchev–Trinajstić information content (AvgIpc) is 2.47. The van der Waals surface area contributed by atoms with Crippen molar-refractivity contribution >= 4 is 15.8 Å². The molecule has 0 spiro atoms. The van der Waals surface area contributed by atoms with Crippen molar-refractivity contribution in [3.63, 3.8) is 0 Å². The van der Waals surface area contributed by atoms with E-state index in [1.165, 1.54) is 22.6 Å². The SMILES string of the molecule is CNc1cc(S(=O)(=O)N2CCOC(C#N)C2)ccn1. The highest BCUT2D eigenvalue weighted by molar-refractivity contribution is 7.89. The molecule has 0 bridgehead atoms. The topological polar surface area (TPSA) is 95.3 Å². The summed E-state index contributed by atoms with van der Waals surface area (Å²) in [5.74, 6) is 0.478. The number of nitrogens with zero attached hydrogens (tertiary/aromatic N) is 3. The van der Waals surface area contributed by atoms with Crippen molar-refractivity contribution in [1.29, 1.82) is 5.26 Å². The zero-order valence-corrected chi connectivity index (χ0v) is 11.2. The summed E-state index contributed by atoms with van der Waals surface area (Å²) in [4.78, 5) is 4.13. The summed E-state index contributed by atoms with van der Waals surface area (Å²) in [6, 6.07) is 4.83. The second kappa shape index (κ2) is 5.52. The molecule has 1 aliphatic heterocycles. The molecule has 102 valence electrons. The van der Waals surface area contributed by atoms with E-state index < -0.39 is 16.1 Å². The molecule has 1 fully saturated rings. The molecule has 1 unspecified atom stereocenters. The van der Waals surface area contributed by atoms with Crippen LogP contribution < -0.4 is 5.32 Å². The van der Waals surface area contributed by atoms with E-state index in [-0.39, 0.29) is 24.6 Å². The molecule has 2 heterocycles. The molecule has 0 saturated carbocycles. The second-order valence-electron chi connectivity index (χ2n) is 3.98. The van der Waals surface area contributed by atoms with Crippen LogP contribution in [0.4, 0.5) is 5.82 Å². The van der Waals surface area contributed by atoms with E-state index in [2.05, 4.69) is 10.3 Å². The molecular weight excluding hydrogens is 268 g/mol. The van der Waals surface area contributed by atoms with E-state index in [1.54, 1.807) is 7.05 Å². The van der Waals surface area contributed by atoms with Crippen LogP contribution in [0.1, 0.15) is 0 Å². The highest BCUT2D eigenvalue weighted by atomic mass is 32.2. The Morgan fingerprint density at radius 2 is 2.42 bits per heavy atom. The largest absolute Gasteiger partial charge is 0.373 e. The van der Waals surface area contributed by atoms with Crippen LogP contribution in [0.2, 0.25) is 0 Å². The Morgan fingerprint density at radius 1 is 1.63 bits per heavy atom. The summed E-state index contributed by atoms with van der Waals surface area (Å²) in [5.41, 5.74) is 0. The lowest BCUT2D eigenvalue weighted by Crippen LogP contribution is -2.45. The van der Waals surface area contributed by atoms with Gasteiger partial charge in [-0.1, -0.05) is 0 Å². The average molecular weight is 282 g/mol. The van der Waals surface area contributed by atoms with Crippen LogP contribution in [0.25, 0.3) is 0 Å². The molecule has 0 aromatic carbocycles. The van der Waals surface area contributed by atoms with Gasteiger partial charge in [-0.25, -0.2) is 13.4 Å². The third-order valence-corrected chi connectivity index (χ3v) is 4.66. The van der Waals surface area contributed by atoms with Crippen molar-refractivity contribution in [3.8, 4) is 6.07 Å². The molecule has 1 saturated heterocycles. The van der Waals surface area contributed by atoms with Gasteiger partial charge in [-0.05, 0) is 6.07 Å². The maximum absolute atomic E-state index is 12.4. The number of ether oxygens (including phenoxy) is 1. The van der Waals surface area contributed by atoms with Crippen LogP contribution in [0, 0.1) is 11.3 Å². The molecule has 1 aliphatic rings. The lowest BCUT2D eigenvalue weighted by atomic mass is 10.3. The van der Waals surface area contributed by atoms with Crippen LogP contribution in [0.3, 0.4) is 0 Å². The van der Waals surface area contributed by atoms with Gasteiger partial charge in [0.1, 0.15) is 5.82 Å². The summed E-state index contributed by atoms with van der Waals surface area (Å²) in [5, 5.41) is 11.6. The fourth-order valence-electron chi connectivity index (χ4n) is 1.78. The summed E-state index contributed by atoms with van der Waals surface area (Å²) in [6.45, 7) is 0.523. The van der Waals surface area contributed by atoms with Crippen molar-refractivity contribution in [1.82, 2.24) is 9.29 Å². The molecule has 1 aromatic heterocycles. The standard InChI is InChI=1S/C11H14N4O3S/c1-13-11-6-10(2-3-14-11)19(16,17)15-4-5-18-9(7-12)8-15/h2-3,6,9H,4-5,8H2,1H3,(H,13,14). The molecule has 1 N–H and O–H groups in total. The third kappa shape index (κ3) is 2.84. The van der Waals surface area contributed by atoms with Crippen molar-refractivity contribution in [2.24, 2.45) is 0 Å². The molecule has 0 aliphatic carbocycles. The number of rotatable bonds is 3. The quantitative estimate of drug-likeness (QED) is 0.840. The summed E-state index contributed by atoms with van der Waals surface area (Å²) in [7, 11) is -1.95. The van der Waals surface area contributed by atoms with Gasteiger partial charge in [0.2, 0.25) is 10.0 Å². The fourth-order valence-corrected chi connectivity index (χ4v) is 3.22. The number of pyridine rings is 1. The van der Waals surface area contributed by atoms with Crippen LogP contribution in [0.5, 0.6) is 0 Å². The second-order valence-corrected chi connectivity index (χ2v) is 5.92. The van der Waals surface area contributed by atoms with E-state index in [1.807, 2.05) is 6.07 Å². The first-order valence-corrected chi connectivity index (χ1v) is 7.17. The predicted molar refractivity (Wildman–Crippen MR) is 67.9 cm³/mol. The molecule has 1 atom stereocenters.